The number of halogens is 1. The average molecular weight is 292 g/mol. The smallest absolute Gasteiger partial charge is 0.161 e. The van der Waals surface area contributed by atoms with Gasteiger partial charge in [-0.3, -0.25) is 0 Å². The van der Waals surface area contributed by atoms with Gasteiger partial charge in [0.05, 0.1) is 4.47 Å². The van der Waals surface area contributed by atoms with Gasteiger partial charge in [-0.1, -0.05) is 18.2 Å². The van der Waals surface area contributed by atoms with Crippen molar-refractivity contribution >= 4 is 21.7 Å². The van der Waals surface area contributed by atoms with Gasteiger partial charge in [-0.2, -0.15) is 0 Å². The summed E-state index contributed by atoms with van der Waals surface area (Å²) < 4.78 is 0.869. The van der Waals surface area contributed by atoms with Crippen LogP contribution in [-0.2, 0) is 0 Å². The predicted molar refractivity (Wildman–Crippen MR) is 74.2 cm³/mol. The van der Waals surface area contributed by atoms with E-state index in [1.165, 1.54) is 11.1 Å². The van der Waals surface area contributed by atoms with Gasteiger partial charge in [0, 0.05) is 18.8 Å². The minimum absolute atomic E-state index is 0.749. The van der Waals surface area contributed by atoms with Crippen molar-refractivity contribution in [3.05, 3.63) is 40.0 Å². The Balaban J connectivity index is 2.57. The van der Waals surface area contributed by atoms with Crippen LogP contribution in [0.2, 0.25) is 0 Å². The highest BCUT2D eigenvalue weighted by Crippen LogP contribution is 2.26. The van der Waals surface area contributed by atoms with E-state index < -0.39 is 0 Å². The second-order valence-electron chi connectivity index (χ2n) is 3.89. The van der Waals surface area contributed by atoms with E-state index in [1.54, 1.807) is 6.20 Å². The third-order valence-corrected chi connectivity index (χ3v) is 3.41. The molecule has 17 heavy (non-hydrogen) atoms. The van der Waals surface area contributed by atoms with Crippen LogP contribution in [0.1, 0.15) is 11.1 Å². The Morgan fingerprint density at radius 2 is 2.00 bits per heavy atom. The van der Waals surface area contributed by atoms with Crippen LogP contribution in [0.4, 0.5) is 5.82 Å². The molecule has 0 unspecified atom stereocenters. The van der Waals surface area contributed by atoms with E-state index in [9.17, 15) is 0 Å². The second-order valence-corrected chi connectivity index (χ2v) is 4.74. The molecule has 0 radical (unpaired) electrons. The van der Waals surface area contributed by atoms with Gasteiger partial charge in [-0.15, -0.1) is 0 Å². The van der Waals surface area contributed by atoms with E-state index in [0.29, 0.717) is 0 Å². The molecule has 0 aliphatic rings. The monoisotopic (exact) mass is 291 g/mol. The van der Waals surface area contributed by atoms with Crippen LogP contribution in [0.5, 0.6) is 0 Å². The molecule has 4 heteroatoms. The summed E-state index contributed by atoms with van der Waals surface area (Å²) in [6.07, 6.45) is 1.77. The number of benzene rings is 1. The van der Waals surface area contributed by atoms with Gasteiger partial charge in [-0.05, 0) is 40.9 Å². The highest BCUT2D eigenvalue weighted by molar-refractivity contribution is 9.10. The summed E-state index contributed by atoms with van der Waals surface area (Å²) in [5, 5.41) is 3.04. The topological polar surface area (TPSA) is 37.8 Å². The Bertz CT molecular complexity index is 552. The molecular formula is C13H14BrN3. The average Bonchev–Trinajstić information content (AvgIpc) is 2.34. The lowest BCUT2D eigenvalue weighted by atomic mass is 10.0. The number of hydrogen-bond donors (Lipinski definition) is 1. The fourth-order valence-corrected chi connectivity index (χ4v) is 2.05. The summed E-state index contributed by atoms with van der Waals surface area (Å²) in [5.41, 5.74) is 3.55. The summed E-state index contributed by atoms with van der Waals surface area (Å²) in [7, 11) is 1.85. The maximum absolute atomic E-state index is 4.49. The molecule has 0 spiro atoms. The maximum Gasteiger partial charge on any atom is 0.161 e. The molecule has 0 fully saturated rings. The summed E-state index contributed by atoms with van der Waals surface area (Å²) >= 11 is 3.41. The molecule has 0 saturated carbocycles. The van der Waals surface area contributed by atoms with E-state index >= 15 is 0 Å². The normalized spacial score (nSPS) is 10.4. The Hall–Kier alpha value is -1.42. The third-order valence-electron chi connectivity index (χ3n) is 2.83. The molecule has 0 bridgehead atoms. The molecule has 0 atom stereocenters. The molecule has 3 nitrogen and oxygen atoms in total. The molecular weight excluding hydrogens is 278 g/mol. The lowest BCUT2D eigenvalue weighted by molar-refractivity contribution is 1.14. The highest BCUT2D eigenvalue weighted by Gasteiger charge is 2.09. The Kier molecular flexibility index (Phi) is 3.43. The van der Waals surface area contributed by atoms with Crippen LogP contribution >= 0.6 is 15.9 Å². The lowest BCUT2D eigenvalue weighted by Crippen LogP contribution is -1.99. The minimum atomic E-state index is 0.749. The molecule has 88 valence electrons. The van der Waals surface area contributed by atoms with E-state index in [4.69, 9.17) is 0 Å². The van der Waals surface area contributed by atoms with Crippen LogP contribution in [-0.4, -0.2) is 17.0 Å². The van der Waals surface area contributed by atoms with Crippen LogP contribution in [0, 0.1) is 13.8 Å². The molecule has 1 N–H and O–H groups in total. The third kappa shape index (κ3) is 2.31. The zero-order valence-electron chi connectivity index (χ0n) is 10.1. The first-order valence-corrected chi connectivity index (χ1v) is 6.19. The van der Waals surface area contributed by atoms with E-state index in [2.05, 4.69) is 51.1 Å². The first-order chi connectivity index (χ1) is 8.13. The van der Waals surface area contributed by atoms with Crippen LogP contribution in [0.25, 0.3) is 11.4 Å². The lowest BCUT2D eigenvalue weighted by Gasteiger charge is -2.09. The van der Waals surface area contributed by atoms with E-state index in [0.717, 1.165) is 21.7 Å². The molecule has 0 aliphatic carbocycles. The Morgan fingerprint density at radius 3 is 2.71 bits per heavy atom. The molecule has 1 aromatic heterocycles. The number of hydrogen-bond acceptors (Lipinski definition) is 3. The molecule has 2 rings (SSSR count). The SMILES string of the molecule is CNc1nc(-c2cccc(C)c2C)ncc1Br. The summed E-state index contributed by atoms with van der Waals surface area (Å²) in [6.45, 7) is 4.19. The largest absolute Gasteiger partial charge is 0.372 e. The van der Waals surface area contributed by atoms with Crippen LogP contribution < -0.4 is 5.32 Å². The fraction of sp³-hybridized carbons (Fsp3) is 0.231. The molecule has 1 aromatic carbocycles. The van der Waals surface area contributed by atoms with Crippen molar-refractivity contribution in [3.63, 3.8) is 0 Å². The van der Waals surface area contributed by atoms with Crippen molar-refractivity contribution in [2.75, 3.05) is 12.4 Å². The Morgan fingerprint density at radius 1 is 1.24 bits per heavy atom. The zero-order chi connectivity index (χ0) is 12.4. The summed E-state index contributed by atoms with van der Waals surface area (Å²) in [4.78, 5) is 8.85. The van der Waals surface area contributed by atoms with Crippen molar-refractivity contribution in [1.29, 1.82) is 0 Å². The minimum Gasteiger partial charge on any atom is -0.372 e. The van der Waals surface area contributed by atoms with Gasteiger partial charge < -0.3 is 5.32 Å². The number of anilines is 1. The Labute approximate surface area is 109 Å². The number of nitrogens with zero attached hydrogens (tertiary/aromatic N) is 2. The molecule has 1 heterocycles. The summed E-state index contributed by atoms with van der Waals surface area (Å²) in [5.74, 6) is 1.55. The van der Waals surface area contributed by atoms with Gasteiger partial charge in [0.15, 0.2) is 5.82 Å². The molecule has 0 amide bonds. The number of rotatable bonds is 2. The van der Waals surface area contributed by atoms with Gasteiger partial charge in [0.1, 0.15) is 5.82 Å². The van der Waals surface area contributed by atoms with Crippen molar-refractivity contribution in [2.24, 2.45) is 0 Å². The summed E-state index contributed by atoms with van der Waals surface area (Å²) in [6, 6.07) is 6.17. The second kappa shape index (κ2) is 4.84. The van der Waals surface area contributed by atoms with Crippen molar-refractivity contribution < 1.29 is 0 Å². The molecule has 0 aliphatic heterocycles. The van der Waals surface area contributed by atoms with Gasteiger partial charge in [0.25, 0.3) is 0 Å². The quantitative estimate of drug-likeness (QED) is 0.919. The number of aryl methyl sites for hydroxylation is 1. The maximum atomic E-state index is 4.49. The molecule has 0 saturated heterocycles. The van der Waals surface area contributed by atoms with Crippen molar-refractivity contribution in [3.8, 4) is 11.4 Å². The van der Waals surface area contributed by atoms with Crippen LogP contribution in [0.15, 0.2) is 28.9 Å². The first kappa shape index (κ1) is 12.0. The van der Waals surface area contributed by atoms with Crippen molar-refractivity contribution in [1.82, 2.24) is 9.97 Å². The number of aromatic nitrogens is 2. The van der Waals surface area contributed by atoms with Gasteiger partial charge in [0.2, 0.25) is 0 Å². The molecule has 2 aromatic rings. The highest BCUT2D eigenvalue weighted by atomic mass is 79.9. The fourth-order valence-electron chi connectivity index (χ4n) is 1.67. The van der Waals surface area contributed by atoms with Gasteiger partial charge in [-0.25, -0.2) is 9.97 Å². The number of nitrogens with one attached hydrogen (secondary N) is 1. The van der Waals surface area contributed by atoms with E-state index in [-0.39, 0.29) is 0 Å². The van der Waals surface area contributed by atoms with Crippen LogP contribution in [0.3, 0.4) is 0 Å². The first-order valence-electron chi connectivity index (χ1n) is 5.40. The predicted octanol–water partition coefficient (Wildman–Crippen LogP) is 3.56. The zero-order valence-corrected chi connectivity index (χ0v) is 11.7. The van der Waals surface area contributed by atoms with Crippen molar-refractivity contribution in [2.45, 2.75) is 13.8 Å². The van der Waals surface area contributed by atoms with Gasteiger partial charge >= 0.3 is 0 Å². The standard InChI is InChI=1S/C13H14BrN3/c1-8-5-4-6-10(9(8)2)12-16-7-11(14)13(15-3)17-12/h4-7H,1-3H3,(H,15,16,17). The van der Waals surface area contributed by atoms with E-state index in [1.807, 2.05) is 19.2 Å².